The van der Waals surface area contributed by atoms with Crippen LogP contribution >= 0.6 is 11.8 Å². The van der Waals surface area contributed by atoms with Crippen molar-refractivity contribution in [1.29, 1.82) is 0 Å². The molecule has 12 heteroatoms. The van der Waals surface area contributed by atoms with Crippen molar-refractivity contribution in [2.24, 2.45) is 14.1 Å². The van der Waals surface area contributed by atoms with Crippen LogP contribution in [-0.4, -0.2) is 30.9 Å². The summed E-state index contributed by atoms with van der Waals surface area (Å²) in [5, 5.41) is 7.80. The van der Waals surface area contributed by atoms with E-state index in [0.29, 0.717) is 5.75 Å². The summed E-state index contributed by atoms with van der Waals surface area (Å²) in [4.78, 5) is 36.6. The van der Waals surface area contributed by atoms with E-state index < -0.39 is 23.1 Å². The molecular formula is C18H18FN5O5S. The van der Waals surface area contributed by atoms with Gasteiger partial charge in [-0.3, -0.25) is 18.7 Å². The van der Waals surface area contributed by atoms with E-state index in [-0.39, 0.29) is 34.1 Å². The molecule has 158 valence electrons. The van der Waals surface area contributed by atoms with E-state index in [1.165, 1.54) is 38.4 Å². The number of hydrogen-bond donors (Lipinski definition) is 1. The Labute approximate surface area is 173 Å². The summed E-state index contributed by atoms with van der Waals surface area (Å²) in [5.74, 6) is -0.790. The predicted octanol–water partition coefficient (Wildman–Crippen LogP) is 1.30. The van der Waals surface area contributed by atoms with Crippen molar-refractivity contribution < 1.29 is 18.3 Å². The Morgan fingerprint density at radius 1 is 1.23 bits per heavy atom. The number of benzene rings is 1. The molecule has 0 saturated carbocycles. The summed E-state index contributed by atoms with van der Waals surface area (Å²) in [5.41, 5.74) is 4.10. The molecule has 0 aliphatic rings. The molecule has 0 bridgehead atoms. The highest BCUT2D eigenvalue weighted by atomic mass is 32.2. The van der Waals surface area contributed by atoms with E-state index in [4.69, 9.17) is 14.9 Å². The van der Waals surface area contributed by atoms with Gasteiger partial charge in [0.2, 0.25) is 0 Å². The highest BCUT2D eigenvalue weighted by Crippen LogP contribution is 2.24. The van der Waals surface area contributed by atoms with Crippen LogP contribution in [0.2, 0.25) is 0 Å². The Morgan fingerprint density at radius 3 is 2.57 bits per heavy atom. The molecule has 0 aliphatic carbocycles. The molecule has 1 unspecified atom stereocenters. The van der Waals surface area contributed by atoms with E-state index in [9.17, 15) is 18.8 Å². The second-order valence-corrected chi connectivity index (χ2v) is 7.22. The van der Waals surface area contributed by atoms with Gasteiger partial charge in [-0.25, -0.2) is 9.18 Å². The second kappa shape index (κ2) is 8.53. The van der Waals surface area contributed by atoms with Gasteiger partial charge in [0.1, 0.15) is 22.9 Å². The Balaban J connectivity index is 1.68. The van der Waals surface area contributed by atoms with Crippen molar-refractivity contribution >= 4 is 23.4 Å². The van der Waals surface area contributed by atoms with Crippen molar-refractivity contribution in [1.82, 2.24) is 19.3 Å². The second-order valence-electron chi connectivity index (χ2n) is 6.30. The summed E-state index contributed by atoms with van der Waals surface area (Å²) in [6.45, 7) is 1.67. The lowest BCUT2D eigenvalue weighted by atomic mass is 10.2. The first-order valence-corrected chi connectivity index (χ1v) is 9.64. The molecular weight excluding hydrogens is 417 g/mol. The molecule has 0 fully saturated rings. The molecule has 2 aromatic heterocycles. The predicted molar refractivity (Wildman–Crippen MR) is 106 cm³/mol. The SMILES string of the molecule is CC(Oc1ccc(F)cc1)c1nnc(SCC(=O)c2c(N)n(C)c(=O)n(C)c2=O)o1. The summed E-state index contributed by atoms with van der Waals surface area (Å²) >= 11 is 0.917. The largest absolute Gasteiger partial charge is 0.481 e. The zero-order valence-electron chi connectivity index (χ0n) is 16.3. The molecule has 1 atom stereocenters. The van der Waals surface area contributed by atoms with Crippen LogP contribution in [0.5, 0.6) is 5.75 Å². The molecule has 10 nitrogen and oxygen atoms in total. The minimum absolute atomic E-state index is 0.0909. The molecule has 0 saturated heterocycles. The maximum atomic E-state index is 13.0. The van der Waals surface area contributed by atoms with Gasteiger partial charge in [-0.05, 0) is 31.2 Å². The number of carbonyl (C=O) groups is 1. The molecule has 1 aromatic carbocycles. The molecule has 0 radical (unpaired) electrons. The standard InChI is InChI=1S/C18H18FN5O5S/c1-9(28-11-6-4-10(19)5-7-11)15-21-22-17(29-15)30-8-12(25)13-14(20)23(2)18(27)24(3)16(13)26/h4-7,9H,8,20H2,1-3H3. The molecule has 0 amide bonds. The van der Waals surface area contributed by atoms with Crippen molar-refractivity contribution in [3.63, 3.8) is 0 Å². The number of Topliss-reactive ketones (excluding diaryl/α,β-unsaturated/α-hetero) is 1. The van der Waals surface area contributed by atoms with Crippen LogP contribution < -0.4 is 21.7 Å². The number of rotatable bonds is 7. The van der Waals surface area contributed by atoms with Crippen LogP contribution in [0.15, 0.2) is 43.5 Å². The fraction of sp³-hybridized carbons (Fsp3) is 0.278. The van der Waals surface area contributed by atoms with Gasteiger partial charge in [0.15, 0.2) is 11.9 Å². The number of nitrogens with two attached hydrogens (primary N) is 1. The number of nitrogen functional groups attached to an aromatic ring is 1. The Hall–Kier alpha value is -3.41. The summed E-state index contributed by atoms with van der Waals surface area (Å²) in [6, 6.07) is 5.46. The number of carbonyl (C=O) groups excluding carboxylic acids is 1. The number of ether oxygens (including phenoxy) is 1. The number of hydrogen-bond acceptors (Lipinski definition) is 9. The van der Waals surface area contributed by atoms with E-state index in [1.807, 2.05) is 0 Å². The van der Waals surface area contributed by atoms with Gasteiger partial charge in [0, 0.05) is 14.1 Å². The van der Waals surface area contributed by atoms with Crippen LogP contribution in [-0.2, 0) is 14.1 Å². The fourth-order valence-electron chi connectivity index (χ4n) is 2.53. The fourth-order valence-corrected chi connectivity index (χ4v) is 3.17. The van der Waals surface area contributed by atoms with Crippen molar-refractivity contribution in [3.05, 3.63) is 62.4 Å². The number of halogens is 1. The number of anilines is 1. The van der Waals surface area contributed by atoms with E-state index in [0.717, 1.165) is 20.9 Å². The van der Waals surface area contributed by atoms with Gasteiger partial charge in [-0.2, -0.15) is 0 Å². The number of nitrogens with zero attached hydrogens (tertiary/aromatic N) is 4. The monoisotopic (exact) mass is 435 g/mol. The van der Waals surface area contributed by atoms with E-state index >= 15 is 0 Å². The number of aromatic nitrogens is 4. The molecule has 3 aromatic rings. The first kappa shape index (κ1) is 21.3. The average Bonchev–Trinajstić information content (AvgIpc) is 3.20. The molecule has 2 heterocycles. The van der Waals surface area contributed by atoms with Gasteiger partial charge in [-0.15, -0.1) is 10.2 Å². The smallest absolute Gasteiger partial charge is 0.332 e. The van der Waals surface area contributed by atoms with Crippen molar-refractivity contribution in [3.8, 4) is 5.75 Å². The summed E-state index contributed by atoms with van der Waals surface area (Å²) in [7, 11) is 2.63. The maximum Gasteiger partial charge on any atom is 0.332 e. The van der Waals surface area contributed by atoms with E-state index in [2.05, 4.69) is 10.2 Å². The molecule has 0 aliphatic heterocycles. The maximum absolute atomic E-state index is 13.0. The van der Waals surface area contributed by atoms with Gasteiger partial charge >= 0.3 is 5.69 Å². The Kier molecular flexibility index (Phi) is 6.06. The van der Waals surface area contributed by atoms with E-state index in [1.54, 1.807) is 6.92 Å². The first-order chi connectivity index (χ1) is 14.2. The highest BCUT2D eigenvalue weighted by Gasteiger charge is 2.22. The van der Waals surface area contributed by atoms with Crippen molar-refractivity contribution in [2.45, 2.75) is 18.3 Å². The minimum Gasteiger partial charge on any atom is -0.481 e. The summed E-state index contributed by atoms with van der Waals surface area (Å²) in [6.07, 6.45) is -0.611. The van der Waals surface area contributed by atoms with Gasteiger partial charge in [0.25, 0.3) is 16.7 Å². The topological polar surface area (TPSA) is 135 Å². The zero-order valence-corrected chi connectivity index (χ0v) is 17.1. The molecule has 0 spiro atoms. The van der Waals surface area contributed by atoms with Crippen LogP contribution in [0.4, 0.5) is 10.2 Å². The van der Waals surface area contributed by atoms with Gasteiger partial charge < -0.3 is 14.9 Å². The number of thioether (sulfide) groups is 1. The van der Waals surface area contributed by atoms with Crippen LogP contribution in [0.1, 0.15) is 29.3 Å². The normalized spacial score (nSPS) is 12.0. The lowest BCUT2D eigenvalue weighted by Crippen LogP contribution is -2.41. The quantitative estimate of drug-likeness (QED) is 0.430. The lowest BCUT2D eigenvalue weighted by Gasteiger charge is -2.10. The zero-order chi connectivity index (χ0) is 22.0. The Bertz CT molecular complexity index is 1200. The summed E-state index contributed by atoms with van der Waals surface area (Å²) < 4.78 is 25.9. The lowest BCUT2D eigenvalue weighted by molar-refractivity contribution is 0.102. The van der Waals surface area contributed by atoms with Crippen LogP contribution in [0.25, 0.3) is 0 Å². The number of ketones is 1. The average molecular weight is 435 g/mol. The third kappa shape index (κ3) is 4.27. The molecule has 3 rings (SSSR count). The minimum atomic E-state index is -0.770. The van der Waals surface area contributed by atoms with Crippen LogP contribution in [0, 0.1) is 5.82 Å². The van der Waals surface area contributed by atoms with Gasteiger partial charge in [-0.1, -0.05) is 11.8 Å². The third-order valence-corrected chi connectivity index (χ3v) is 5.03. The third-order valence-electron chi connectivity index (χ3n) is 4.21. The highest BCUT2D eigenvalue weighted by molar-refractivity contribution is 7.99. The van der Waals surface area contributed by atoms with Crippen molar-refractivity contribution in [2.75, 3.05) is 11.5 Å². The Morgan fingerprint density at radius 2 is 1.90 bits per heavy atom. The van der Waals surface area contributed by atoms with Crippen LogP contribution in [0.3, 0.4) is 0 Å². The first-order valence-electron chi connectivity index (χ1n) is 8.66. The molecule has 30 heavy (non-hydrogen) atoms. The van der Waals surface area contributed by atoms with Gasteiger partial charge in [0.05, 0.1) is 5.75 Å². The molecule has 2 N–H and O–H groups in total.